The maximum Gasteiger partial charge on any atom is 0.269 e. The zero-order valence-electron chi connectivity index (χ0n) is 14.2. The number of benzene rings is 2. The van der Waals surface area contributed by atoms with Gasteiger partial charge in [0.05, 0.1) is 4.92 Å². The van der Waals surface area contributed by atoms with E-state index in [0.29, 0.717) is 11.3 Å². The summed E-state index contributed by atoms with van der Waals surface area (Å²) in [5, 5.41) is 20.0. The Morgan fingerprint density at radius 3 is 2.29 bits per heavy atom. The van der Waals surface area contributed by atoms with Gasteiger partial charge in [0.15, 0.2) is 5.60 Å². The summed E-state index contributed by atoms with van der Waals surface area (Å²) in [4.78, 5) is 10.1. The second-order valence-corrected chi connectivity index (χ2v) is 5.16. The molecule has 0 aliphatic carbocycles. The molecular formula is C19H21NO4. The fraction of sp³-hybridized carbons (Fsp3) is 0.263. The summed E-state index contributed by atoms with van der Waals surface area (Å²) >= 11 is 0. The monoisotopic (exact) mass is 327 g/mol. The third kappa shape index (κ3) is 6.01. The molecule has 0 aliphatic heterocycles. The molecule has 2 aromatic carbocycles. The Bertz CT molecular complexity index is 740. The highest BCUT2D eigenvalue weighted by molar-refractivity contribution is 5.42. The van der Waals surface area contributed by atoms with Gasteiger partial charge in [-0.1, -0.05) is 31.8 Å². The van der Waals surface area contributed by atoms with Crippen LogP contribution in [0.15, 0.2) is 48.5 Å². The lowest BCUT2D eigenvalue weighted by atomic mass is 10.1. The lowest BCUT2D eigenvalue weighted by molar-refractivity contribution is -0.384. The number of aromatic hydroxyl groups is 1. The Morgan fingerprint density at radius 1 is 1.12 bits per heavy atom. The second kappa shape index (κ2) is 8.59. The number of nitro groups is 1. The number of phenols is 1. The van der Waals surface area contributed by atoms with Crippen LogP contribution in [0.3, 0.4) is 0 Å². The van der Waals surface area contributed by atoms with Gasteiger partial charge in [-0.3, -0.25) is 10.1 Å². The highest BCUT2D eigenvalue weighted by Gasteiger charge is 2.16. The minimum Gasteiger partial charge on any atom is -0.508 e. The van der Waals surface area contributed by atoms with Gasteiger partial charge in [0, 0.05) is 23.8 Å². The first-order chi connectivity index (χ1) is 11.4. The zero-order valence-corrected chi connectivity index (χ0v) is 14.2. The SMILES string of the molecule is CC.CC(C)(C#Cc1ccc([N+](=O)[O-])cc1)Oc1cccc(O)c1. The first kappa shape index (κ1) is 19.0. The molecule has 0 unspecified atom stereocenters. The van der Waals surface area contributed by atoms with E-state index in [9.17, 15) is 15.2 Å². The molecule has 0 saturated heterocycles. The molecule has 0 amide bonds. The summed E-state index contributed by atoms with van der Waals surface area (Å²) in [6.07, 6.45) is 0. The summed E-state index contributed by atoms with van der Waals surface area (Å²) in [6.45, 7) is 7.60. The molecule has 0 spiro atoms. The third-order valence-electron chi connectivity index (χ3n) is 2.78. The quantitative estimate of drug-likeness (QED) is 0.510. The molecule has 0 aliphatic rings. The number of hydrogen-bond acceptors (Lipinski definition) is 4. The molecule has 0 bridgehead atoms. The largest absolute Gasteiger partial charge is 0.508 e. The number of hydrogen-bond donors (Lipinski definition) is 1. The van der Waals surface area contributed by atoms with Crippen molar-refractivity contribution in [3.05, 3.63) is 64.2 Å². The lowest BCUT2D eigenvalue weighted by Gasteiger charge is -2.20. The topological polar surface area (TPSA) is 72.6 Å². The molecule has 5 heteroatoms. The van der Waals surface area contributed by atoms with Crippen molar-refractivity contribution in [1.29, 1.82) is 0 Å². The Balaban J connectivity index is 0.00000139. The minimum atomic E-state index is -0.768. The van der Waals surface area contributed by atoms with Crippen LogP contribution >= 0.6 is 0 Å². The number of nitro benzene ring substituents is 1. The molecule has 2 rings (SSSR count). The van der Waals surface area contributed by atoms with Gasteiger partial charge in [-0.25, -0.2) is 0 Å². The van der Waals surface area contributed by atoms with Crippen LogP contribution < -0.4 is 4.74 Å². The van der Waals surface area contributed by atoms with Crippen molar-refractivity contribution in [1.82, 2.24) is 0 Å². The van der Waals surface area contributed by atoms with Crippen molar-refractivity contribution in [2.24, 2.45) is 0 Å². The summed E-state index contributed by atoms with van der Waals surface area (Å²) < 4.78 is 5.72. The molecule has 126 valence electrons. The molecule has 0 heterocycles. The van der Waals surface area contributed by atoms with Gasteiger partial charge in [0.1, 0.15) is 11.5 Å². The molecule has 0 fully saturated rings. The zero-order chi connectivity index (χ0) is 18.2. The summed E-state index contributed by atoms with van der Waals surface area (Å²) in [5.41, 5.74) is -0.0748. The van der Waals surface area contributed by atoms with E-state index in [2.05, 4.69) is 11.8 Å². The highest BCUT2D eigenvalue weighted by atomic mass is 16.6. The second-order valence-electron chi connectivity index (χ2n) is 5.16. The molecule has 2 aromatic rings. The summed E-state index contributed by atoms with van der Waals surface area (Å²) in [6, 6.07) is 12.5. The van der Waals surface area contributed by atoms with Crippen LogP contribution in [0.5, 0.6) is 11.5 Å². The first-order valence-corrected chi connectivity index (χ1v) is 7.61. The molecule has 24 heavy (non-hydrogen) atoms. The molecule has 5 nitrogen and oxygen atoms in total. The molecular weight excluding hydrogens is 306 g/mol. The van der Waals surface area contributed by atoms with E-state index in [0.717, 1.165) is 0 Å². The predicted molar refractivity (Wildman–Crippen MR) is 94.1 cm³/mol. The summed E-state index contributed by atoms with van der Waals surface area (Å²) in [7, 11) is 0. The van der Waals surface area contributed by atoms with E-state index in [-0.39, 0.29) is 11.4 Å². The van der Waals surface area contributed by atoms with Crippen molar-refractivity contribution in [2.45, 2.75) is 33.3 Å². The standard InChI is InChI=1S/C17H15NO4.C2H6/c1-17(2,22-16-5-3-4-15(19)12-16)11-10-13-6-8-14(9-7-13)18(20)21;1-2/h3-9,12,19H,1-2H3;1-2H3. The van der Waals surface area contributed by atoms with Gasteiger partial charge < -0.3 is 9.84 Å². The van der Waals surface area contributed by atoms with Gasteiger partial charge in [-0.2, -0.15) is 0 Å². The number of rotatable bonds is 3. The van der Waals surface area contributed by atoms with Crippen molar-refractivity contribution >= 4 is 5.69 Å². The fourth-order valence-corrected chi connectivity index (χ4v) is 1.76. The van der Waals surface area contributed by atoms with Crippen LogP contribution in [0, 0.1) is 22.0 Å². The van der Waals surface area contributed by atoms with Crippen molar-refractivity contribution in [3.8, 4) is 23.3 Å². The minimum absolute atomic E-state index is 0.0285. The van der Waals surface area contributed by atoms with E-state index in [1.165, 1.54) is 18.2 Å². The third-order valence-corrected chi connectivity index (χ3v) is 2.78. The molecule has 0 saturated carbocycles. The van der Waals surface area contributed by atoms with Crippen molar-refractivity contribution in [3.63, 3.8) is 0 Å². The Morgan fingerprint density at radius 2 is 1.75 bits per heavy atom. The number of ether oxygens (including phenoxy) is 1. The molecule has 0 radical (unpaired) electrons. The van der Waals surface area contributed by atoms with Crippen LogP contribution in [0.2, 0.25) is 0 Å². The van der Waals surface area contributed by atoms with E-state index in [1.807, 2.05) is 13.8 Å². The van der Waals surface area contributed by atoms with Crippen LogP contribution in [-0.2, 0) is 0 Å². The van der Waals surface area contributed by atoms with Gasteiger partial charge in [0.25, 0.3) is 5.69 Å². The van der Waals surface area contributed by atoms with Crippen LogP contribution in [0.4, 0.5) is 5.69 Å². The maximum atomic E-state index is 10.6. The predicted octanol–water partition coefficient (Wildman–Crippen LogP) is 4.54. The Hall–Kier alpha value is -3.00. The normalized spacial score (nSPS) is 9.83. The van der Waals surface area contributed by atoms with E-state index >= 15 is 0 Å². The van der Waals surface area contributed by atoms with Crippen LogP contribution in [0.25, 0.3) is 0 Å². The first-order valence-electron chi connectivity index (χ1n) is 7.61. The maximum absolute atomic E-state index is 10.6. The molecule has 0 atom stereocenters. The molecule has 1 N–H and O–H groups in total. The fourth-order valence-electron chi connectivity index (χ4n) is 1.76. The van der Waals surface area contributed by atoms with Crippen LogP contribution in [0.1, 0.15) is 33.3 Å². The highest BCUT2D eigenvalue weighted by Crippen LogP contribution is 2.22. The average molecular weight is 327 g/mol. The van der Waals surface area contributed by atoms with E-state index in [4.69, 9.17) is 4.74 Å². The summed E-state index contributed by atoms with van der Waals surface area (Å²) in [5.74, 6) is 6.53. The number of non-ortho nitro benzene ring substituents is 1. The lowest BCUT2D eigenvalue weighted by Crippen LogP contribution is -2.25. The van der Waals surface area contributed by atoms with E-state index in [1.54, 1.807) is 44.2 Å². The van der Waals surface area contributed by atoms with Gasteiger partial charge >= 0.3 is 0 Å². The average Bonchev–Trinajstić information content (AvgIpc) is 2.55. The number of nitrogens with zero attached hydrogens (tertiary/aromatic N) is 1. The van der Waals surface area contributed by atoms with E-state index < -0.39 is 10.5 Å². The Kier molecular flexibility index (Phi) is 6.81. The van der Waals surface area contributed by atoms with Crippen molar-refractivity contribution in [2.75, 3.05) is 0 Å². The van der Waals surface area contributed by atoms with Crippen molar-refractivity contribution < 1.29 is 14.8 Å². The van der Waals surface area contributed by atoms with Crippen LogP contribution in [-0.4, -0.2) is 15.6 Å². The Labute approximate surface area is 142 Å². The number of phenolic OH excluding ortho intramolecular Hbond substituents is 1. The smallest absolute Gasteiger partial charge is 0.269 e. The van der Waals surface area contributed by atoms with Gasteiger partial charge in [-0.05, 0) is 38.1 Å². The van der Waals surface area contributed by atoms with Gasteiger partial charge in [0.2, 0.25) is 0 Å². The van der Waals surface area contributed by atoms with Gasteiger partial charge in [-0.15, -0.1) is 0 Å². The molecule has 0 aromatic heterocycles.